The number of benzene rings is 2. The van der Waals surface area contributed by atoms with Crippen LogP contribution in [0.2, 0.25) is 0 Å². The lowest BCUT2D eigenvalue weighted by molar-refractivity contribution is -0.133. The zero-order valence-electron chi connectivity index (χ0n) is 21.5. The first-order chi connectivity index (χ1) is 17.4. The van der Waals surface area contributed by atoms with Crippen molar-refractivity contribution in [1.82, 2.24) is 24.8 Å². The van der Waals surface area contributed by atoms with Crippen LogP contribution in [0.3, 0.4) is 0 Å². The third-order valence-electron chi connectivity index (χ3n) is 6.95. The summed E-state index contributed by atoms with van der Waals surface area (Å²) in [6.07, 6.45) is 1.83. The summed E-state index contributed by atoms with van der Waals surface area (Å²) in [5.74, 6) is 0.948. The third kappa shape index (κ3) is 4.85. The van der Waals surface area contributed by atoms with Gasteiger partial charge in [-0.15, -0.1) is 0 Å². The van der Waals surface area contributed by atoms with Gasteiger partial charge >= 0.3 is 0 Å². The van der Waals surface area contributed by atoms with Crippen LogP contribution in [-0.4, -0.2) is 56.4 Å². The van der Waals surface area contributed by atoms with Crippen LogP contribution in [0.5, 0.6) is 0 Å². The van der Waals surface area contributed by atoms with E-state index in [9.17, 15) is 4.79 Å². The van der Waals surface area contributed by atoms with Gasteiger partial charge in [0.2, 0.25) is 11.8 Å². The predicted molar refractivity (Wildman–Crippen MR) is 140 cm³/mol. The molecule has 8 nitrogen and oxygen atoms in total. The highest BCUT2D eigenvalue weighted by Crippen LogP contribution is 2.29. The summed E-state index contributed by atoms with van der Waals surface area (Å²) in [4.78, 5) is 21.9. The molecule has 1 unspecified atom stereocenters. The number of hydrogen-bond donors (Lipinski definition) is 0. The van der Waals surface area contributed by atoms with Gasteiger partial charge in [-0.1, -0.05) is 42.4 Å². The minimum absolute atomic E-state index is 0.0279. The number of carbonyl (C=O) groups is 1. The predicted octanol–water partition coefficient (Wildman–Crippen LogP) is 4.37. The van der Waals surface area contributed by atoms with E-state index in [0.29, 0.717) is 18.3 Å². The molecule has 0 bridgehead atoms. The number of aromatic nitrogens is 4. The maximum Gasteiger partial charge on any atom is 0.236 e. The fourth-order valence-electron chi connectivity index (χ4n) is 5.16. The van der Waals surface area contributed by atoms with E-state index >= 15 is 0 Å². The van der Waals surface area contributed by atoms with Crippen LogP contribution in [0.4, 0.5) is 5.69 Å². The lowest BCUT2D eigenvalue weighted by Gasteiger charge is -2.42. The molecule has 1 atom stereocenters. The summed E-state index contributed by atoms with van der Waals surface area (Å²) >= 11 is 0. The van der Waals surface area contributed by atoms with Crippen molar-refractivity contribution in [2.24, 2.45) is 0 Å². The van der Waals surface area contributed by atoms with Gasteiger partial charge in [0.1, 0.15) is 6.42 Å². The molecule has 8 heteroatoms. The van der Waals surface area contributed by atoms with Crippen LogP contribution in [0.25, 0.3) is 10.9 Å². The van der Waals surface area contributed by atoms with Gasteiger partial charge in [-0.25, -0.2) is 0 Å². The molecular weight excluding hydrogens is 452 g/mol. The summed E-state index contributed by atoms with van der Waals surface area (Å²) in [5.41, 5.74) is 4.70. The minimum atomic E-state index is 0.0279. The largest absolute Gasteiger partial charge is 0.368 e. The highest BCUT2D eigenvalue weighted by Gasteiger charge is 2.32. The summed E-state index contributed by atoms with van der Waals surface area (Å²) < 4.78 is 7.36. The number of aryl methyl sites for hydroxylation is 2. The number of piperazine rings is 1. The van der Waals surface area contributed by atoms with Gasteiger partial charge < -0.3 is 14.3 Å². The van der Waals surface area contributed by atoms with Gasteiger partial charge in [-0.3, -0.25) is 9.48 Å². The molecule has 1 amide bonds. The van der Waals surface area contributed by atoms with Crippen molar-refractivity contribution in [2.45, 2.75) is 59.0 Å². The number of amides is 1. The molecule has 0 N–H and O–H groups in total. The molecule has 0 aliphatic carbocycles. The zero-order chi connectivity index (χ0) is 25.2. The quantitative estimate of drug-likeness (QED) is 0.386. The fourth-order valence-corrected chi connectivity index (χ4v) is 5.16. The van der Waals surface area contributed by atoms with E-state index < -0.39 is 0 Å². The van der Waals surface area contributed by atoms with Crippen LogP contribution in [0.1, 0.15) is 49.8 Å². The number of rotatable bonds is 7. The molecule has 1 aliphatic rings. The molecule has 1 aliphatic heterocycles. The standard InChI is InChI=1S/C28H34N6O2/c1-5-25-24-12-11-22(16-26(24)34(30-25)19(2)3)32-13-14-33(28(35)17-27-29-20(4)31-36-27)23(18-32)15-21-9-7-6-8-10-21/h6-12,16,19,23H,5,13-15,17-18H2,1-4H3. The molecule has 0 spiro atoms. The Balaban J connectivity index is 1.42. The number of hydrogen-bond acceptors (Lipinski definition) is 6. The van der Waals surface area contributed by atoms with E-state index in [1.807, 2.05) is 11.0 Å². The molecule has 1 fully saturated rings. The third-order valence-corrected chi connectivity index (χ3v) is 6.95. The van der Waals surface area contributed by atoms with E-state index in [-0.39, 0.29) is 24.4 Å². The second-order valence-corrected chi connectivity index (χ2v) is 9.83. The molecule has 4 aromatic rings. The molecule has 5 rings (SSSR count). The highest BCUT2D eigenvalue weighted by atomic mass is 16.5. The van der Waals surface area contributed by atoms with Crippen molar-refractivity contribution < 1.29 is 9.32 Å². The first-order valence-electron chi connectivity index (χ1n) is 12.8. The number of carbonyl (C=O) groups excluding carboxylic acids is 1. The Hall–Kier alpha value is -3.68. The molecule has 0 radical (unpaired) electrons. The minimum Gasteiger partial charge on any atom is -0.368 e. The molecule has 2 aromatic heterocycles. The monoisotopic (exact) mass is 486 g/mol. The van der Waals surface area contributed by atoms with Crippen LogP contribution in [-0.2, 0) is 24.1 Å². The smallest absolute Gasteiger partial charge is 0.236 e. The average molecular weight is 487 g/mol. The van der Waals surface area contributed by atoms with E-state index in [2.05, 4.69) is 83.0 Å². The Kier molecular flexibility index (Phi) is 6.76. The van der Waals surface area contributed by atoms with Gasteiger partial charge in [-0.05, 0) is 57.4 Å². The maximum absolute atomic E-state index is 13.3. The van der Waals surface area contributed by atoms with E-state index in [4.69, 9.17) is 9.62 Å². The molecule has 1 saturated heterocycles. The van der Waals surface area contributed by atoms with Crippen molar-refractivity contribution in [3.8, 4) is 0 Å². The lowest BCUT2D eigenvalue weighted by atomic mass is 10.0. The number of nitrogens with zero attached hydrogens (tertiary/aromatic N) is 6. The van der Waals surface area contributed by atoms with Gasteiger partial charge in [-0.2, -0.15) is 10.1 Å². The van der Waals surface area contributed by atoms with Crippen molar-refractivity contribution in [2.75, 3.05) is 24.5 Å². The van der Waals surface area contributed by atoms with Crippen molar-refractivity contribution in [3.05, 3.63) is 71.5 Å². The van der Waals surface area contributed by atoms with Crippen LogP contribution < -0.4 is 4.90 Å². The first kappa shape index (κ1) is 24.0. The van der Waals surface area contributed by atoms with Crippen molar-refractivity contribution >= 4 is 22.5 Å². The highest BCUT2D eigenvalue weighted by molar-refractivity contribution is 5.86. The normalized spacial score (nSPS) is 16.3. The molecule has 3 heterocycles. The van der Waals surface area contributed by atoms with E-state index in [0.717, 1.165) is 31.6 Å². The summed E-state index contributed by atoms with van der Waals surface area (Å²) in [6, 6.07) is 17.4. The van der Waals surface area contributed by atoms with Gasteiger partial charge in [0.25, 0.3) is 0 Å². The van der Waals surface area contributed by atoms with Gasteiger partial charge in [0.15, 0.2) is 5.82 Å². The summed E-state index contributed by atoms with van der Waals surface area (Å²) in [7, 11) is 0. The Bertz CT molecular complexity index is 1340. The molecule has 2 aromatic carbocycles. The molecule has 36 heavy (non-hydrogen) atoms. The van der Waals surface area contributed by atoms with Crippen molar-refractivity contribution in [3.63, 3.8) is 0 Å². The second kappa shape index (κ2) is 10.1. The average Bonchev–Trinajstić information content (AvgIpc) is 3.47. The summed E-state index contributed by atoms with van der Waals surface area (Å²) in [5, 5.41) is 9.92. The second-order valence-electron chi connectivity index (χ2n) is 9.83. The lowest BCUT2D eigenvalue weighted by Crippen LogP contribution is -2.56. The Morgan fingerprint density at radius 3 is 2.64 bits per heavy atom. The topological polar surface area (TPSA) is 80.3 Å². The zero-order valence-corrected chi connectivity index (χ0v) is 21.5. The first-order valence-corrected chi connectivity index (χ1v) is 12.8. The summed E-state index contributed by atoms with van der Waals surface area (Å²) in [6.45, 7) is 10.4. The van der Waals surface area contributed by atoms with E-state index in [1.165, 1.54) is 22.2 Å². The Morgan fingerprint density at radius 2 is 1.94 bits per heavy atom. The Morgan fingerprint density at radius 1 is 1.14 bits per heavy atom. The molecular formula is C28H34N6O2. The van der Waals surface area contributed by atoms with Crippen LogP contribution in [0, 0.1) is 6.92 Å². The fraction of sp³-hybridized carbons (Fsp3) is 0.429. The maximum atomic E-state index is 13.3. The molecule has 188 valence electrons. The van der Waals surface area contributed by atoms with Crippen LogP contribution in [0.15, 0.2) is 53.1 Å². The number of fused-ring (bicyclic) bond motifs is 1. The van der Waals surface area contributed by atoms with Crippen LogP contribution >= 0.6 is 0 Å². The molecule has 0 saturated carbocycles. The van der Waals surface area contributed by atoms with Crippen molar-refractivity contribution in [1.29, 1.82) is 0 Å². The van der Waals surface area contributed by atoms with E-state index in [1.54, 1.807) is 6.92 Å². The van der Waals surface area contributed by atoms with Gasteiger partial charge in [0, 0.05) is 36.7 Å². The Labute approximate surface area is 211 Å². The van der Waals surface area contributed by atoms with Gasteiger partial charge in [0.05, 0.1) is 17.3 Å². The SMILES string of the molecule is CCc1nn(C(C)C)c2cc(N3CCN(C(=O)Cc4nc(C)no4)C(Cc4ccccc4)C3)ccc12. The number of anilines is 1.